The molecule has 0 unspecified atom stereocenters. The topological polar surface area (TPSA) is 72.5 Å². The van der Waals surface area contributed by atoms with Crippen molar-refractivity contribution in [3.05, 3.63) is 84.4 Å². The molecule has 1 N–H and O–H groups in total. The van der Waals surface area contributed by atoms with Gasteiger partial charge in [-0.3, -0.25) is 9.00 Å². The number of para-hydroxylation sites is 1. The van der Waals surface area contributed by atoms with Crippen molar-refractivity contribution < 1.29 is 18.5 Å². The lowest BCUT2D eigenvalue weighted by atomic mass is 10.0. The Balaban J connectivity index is 1.74. The minimum atomic E-state index is -1.31. The minimum absolute atomic E-state index is 0.210. The summed E-state index contributed by atoms with van der Waals surface area (Å²) in [6, 6.07) is 23.7. The van der Waals surface area contributed by atoms with Crippen molar-refractivity contribution in [1.29, 1.82) is 0 Å². The number of hydrogen-bond donors (Lipinski definition) is 1. The second kappa shape index (κ2) is 9.98. The van der Waals surface area contributed by atoms with Crippen molar-refractivity contribution in [2.45, 2.75) is 24.8 Å². The summed E-state index contributed by atoms with van der Waals surface area (Å²) < 4.78 is 17.6. The standard InChI is InChI=1S/C24H23NO4S/c1-3-30(28)22-16-10-8-14-20(22)24(27)29-17(2)23(26)25-21-15-9-7-13-19(21)18-11-5-4-6-12-18/h4-17H,3H2,1-2H3,(H,25,26)/t17-,30-/m0/s1. The Morgan fingerprint density at radius 1 is 0.933 bits per heavy atom. The second-order valence-corrected chi connectivity index (χ2v) is 8.29. The predicted octanol–water partition coefficient (Wildman–Crippen LogP) is 4.67. The number of carbonyl (C=O) groups is 2. The first-order chi connectivity index (χ1) is 14.5. The van der Waals surface area contributed by atoms with Crippen LogP contribution < -0.4 is 5.32 Å². The van der Waals surface area contributed by atoms with E-state index in [1.54, 1.807) is 37.3 Å². The molecule has 3 rings (SSSR count). The molecule has 0 heterocycles. The molecular weight excluding hydrogens is 398 g/mol. The van der Waals surface area contributed by atoms with Gasteiger partial charge in [-0.2, -0.15) is 0 Å². The Morgan fingerprint density at radius 3 is 2.30 bits per heavy atom. The summed E-state index contributed by atoms with van der Waals surface area (Å²) in [6.07, 6.45) is -1.02. The van der Waals surface area contributed by atoms with Gasteiger partial charge in [0.25, 0.3) is 5.91 Å². The van der Waals surface area contributed by atoms with E-state index in [0.29, 0.717) is 16.3 Å². The van der Waals surface area contributed by atoms with Crippen LogP contribution in [0.3, 0.4) is 0 Å². The first kappa shape index (κ1) is 21.5. The first-order valence-electron chi connectivity index (χ1n) is 9.65. The summed E-state index contributed by atoms with van der Waals surface area (Å²) in [6.45, 7) is 3.29. The molecule has 0 aliphatic heterocycles. The van der Waals surface area contributed by atoms with Gasteiger partial charge in [0, 0.05) is 17.0 Å². The fourth-order valence-corrected chi connectivity index (χ4v) is 3.90. The lowest BCUT2D eigenvalue weighted by molar-refractivity contribution is -0.123. The molecule has 0 aromatic heterocycles. The number of ether oxygens (including phenoxy) is 1. The van der Waals surface area contributed by atoms with Crippen molar-refractivity contribution in [3.8, 4) is 11.1 Å². The summed E-state index contributed by atoms with van der Waals surface area (Å²) in [5.74, 6) is -0.733. The van der Waals surface area contributed by atoms with Gasteiger partial charge in [-0.15, -0.1) is 0 Å². The van der Waals surface area contributed by atoms with Crippen LogP contribution in [-0.4, -0.2) is 27.9 Å². The van der Waals surface area contributed by atoms with Gasteiger partial charge in [0.1, 0.15) is 0 Å². The van der Waals surface area contributed by atoms with E-state index in [-0.39, 0.29) is 5.56 Å². The van der Waals surface area contributed by atoms with E-state index in [1.165, 1.54) is 6.92 Å². The number of hydrogen-bond acceptors (Lipinski definition) is 4. The highest BCUT2D eigenvalue weighted by atomic mass is 32.2. The number of rotatable bonds is 7. The third-order valence-electron chi connectivity index (χ3n) is 4.54. The summed E-state index contributed by atoms with van der Waals surface area (Å²) in [4.78, 5) is 25.7. The Bertz CT molecular complexity index is 1070. The van der Waals surface area contributed by atoms with Crippen molar-refractivity contribution in [2.24, 2.45) is 0 Å². The van der Waals surface area contributed by atoms with E-state index in [9.17, 15) is 13.8 Å². The number of amides is 1. The highest BCUT2D eigenvalue weighted by molar-refractivity contribution is 7.85. The Kier molecular flexibility index (Phi) is 7.14. The third-order valence-corrected chi connectivity index (χ3v) is 5.91. The van der Waals surface area contributed by atoms with E-state index in [2.05, 4.69) is 5.32 Å². The average Bonchev–Trinajstić information content (AvgIpc) is 2.79. The molecule has 0 saturated heterocycles. The molecule has 5 nitrogen and oxygen atoms in total. The number of anilines is 1. The van der Waals surface area contributed by atoms with E-state index in [0.717, 1.165) is 11.1 Å². The number of benzene rings is 3. The van der Waals surface area contributed by atoms with Crippen LogP contribution in [-0.2, 0) is 20.3 Å². The Labute approximate surface area is 178 Å². The van der Waals surface area contributed by atoms with Gasteiger partial charge in [-0.25, -0.2) is 4.79 Å². The molecule has 0 bridgehead atoms. The van der Waals surface area contributed by atoms with E-state index in [4.69, 9.17) is 4.74 Å². The van der Waals surface area contributed by atoms with Gasteiger partial charge in [-0.1, -0.05) is 67.6 Å². The minimum Gasteiger partial charge on any atom is -0.449 e. The van der Waals surface area contributed by atoms with Crippen molar-refractivity contribution in [1.82, 2.24) is 0 Å². The number of carbonyl (C=O) groups excluding carboxylic acids is 2. The summed E-state index contributed by atoms with van der Waals surface area (Å²) in [7, 11) is -1.31. The van der Waals surface area contributed by atoms with Gasteiger partial charge in [0.2, 0.25) is 0 Å². The van der Waals surface area contributed by atoms with Gasteiger partial charge in [-0.05, 0) is 30.7 Å². The molecule has 154 valence electrons. The van der Waals surface area contributed by atoms with Crippen LogP contribution in [0, 0.1) is 0 Å². The highest BCUT2D eigenvalue weighted by Gasteiger charge is 2.22. The van der Waals surface area contributed by atoms with Gasteiger partial charge < -0.3 is 10.1 Å². The molecule has 30 heavy (non-hydrogen) atoms. The molecule has 2 atom stereocenters. The maximum atomic E-state index is 12.7. The summed E-state index contributed by atoms with van der Waals surface area (Å²) >= 11 is 0. The zero-order chi connectivity index (χ0) is 21.5. The second-order valence-electron chi connectivity index (χ2n) is 6.58. The van der Waals surface area contributed by atoms with Crippen LogP contribution in [0.25, 0.3) is 11.1 Å². The average molecular weight is 422 g/mol. The van der Waals surface area contributed by atoms with Crippen LogP contribution in [0.15, 0.2) is 83.8 Å². The monoisotopic (exact) mass is 421 g/mol. The largest absolute Gasteiger partial charge is 0.449 e. The number of esters is 1. The maximum absolute atomic E-state index is 12.7. The zero-order valence-electron chi connectivity index (χ0n) is 16.8. The summed E-state index contributed by atoms with van der Waals surface area (Å²) in [5, 5.41) is 2.84. The molecule has 0 aliphatic rings. The van der Waals surface area contributed by atoms with E-state index in [1.807, 2.05) is 48.5 Å². The molecule has 0 spiro atoms. The smallest absolute Gasteiger partial charge is 0.340 e. The van der Waals surface area contributed by atoms with Gasteiger partial charge in [0.15, 0.2) is 6.10 Å². The first-order valence-corrected chi connectivity index (χ1v) is 11.0. The molecule has 0 aliphatic carbocycles. The van der Waals surface area contributed by atoms with Crippen LogP contribution in [0.1, 0.15) is 24.2 Å². The molecule has 3 aromatic rings. The van der Waals surface area contributed by atoms with Crippen molar-refractivity contribution in [2.75, 3.05) is 11.1 Å². The van der Waals surface area contributed by atoms with Crippen molar-refractivity contribution in [3.63, 3.8) is 0 Å². The van der Waals surface area contributed by atoms with Gasteiger partial charge in [0.05, 0.1) is 21.3 Å². The zero-order valence-corrected chi connectivity index (χ0v) is 17.6. The van der Waals surface area contributed by atoms with Crippen LogP contribution in [0.5, 0.6) is 0 Å². The quantitative estimate of drug-likeness (QED) is 0.563. The van der Waals surface area contributed by atoms with Crippen LogP contribution in [0.2, 0.25) is 0 Å². The molecular formula is C24H23NO4S. The molecule has 1 amide bonds. The fourth-order valence-electron chi connectivity index (χ4n) is 2.96. The maximum Gasteiger partial charge on any atom is 0.340 e. The molecule has 3 aromatic carbocycles. The molecule has 6 heteroatoms. The predicted molar refractivity (Wildman–Crippen MR) is 119 cm³/mol. The van der Waals surface area contributed by atoms with Crippen LogP contribution in [0.4, 0.5) is 5.69 Å². The number of nitrogens with one attached hydrogen (secondary N) is 1. The third kappa shape index (κ3) is 5.02. The van der Waals surface area contributed by atoms with Gasteiger partial charge >= 0.3 is 5.97 Å². The molecule has 0 saturated carbocycles. The summed E-state index contributed by atoms with van der Waals surface area (Å²) in [5.41, 5.74) is 2.67. The Morgan fingerprint density at radius 2 is 1.57 bits per heavy atom. The lowest BCUT2D eigenvalue weighted by Crippen LogP contribution is -2.30. The van der Waals surface area contributed by atoms with Crippen molar-refractivity contribution >= 4 is 28.4 Å². The lowest BCUT2D eigenvalue weighted by Gasteiger charge is -2.16. The van der Waals surface area contributed by atoms with Crippen LogP contribution >= 0.6 is 0 Å². The highest BCUT2D eigenvalue weighted by Crippen LogP contribution is 2.27. The fraction of sp³-hybridized carbons (Fsp3) is 0.167. The van der Waals surface area contributed by atoms with E-state index < -0.39 is 28.8 Å². The SMILES string of the molecule is CC[S@](=O)c1ccccc1C(=O)O[C@@H](C)C(=O)Nc1ccccc1-c1ccccc1. The normalized spacial score (nSPS) is 12.6. The molecule has 0 fully saturated rings. The Hall–Kier alpha value is -3.25. The van der Waals surface area contributed by atoms with E-state index >= 15 is 0 Å². The molecule has 0 radical (unpaired) electrons.